The Morgan fingerprint density at radius 1 is 0.963 bits per heavy atom. The van der Waals surface area contributed by atoms with Crippen molar-refractivity contribution in [1.82, 2.24) is 10.2 Å². The third-order valence-electron chi connectivity index (χ3n) is 4.60. The molecule has 1 saturated heterocycles. The van der Waals surface area contributed by atoms with Gasteiger partial charge in [0, 0.05) is 34.4 Å². The van der Waals surface area contributed by atoms with Crippen LogP contribution in [0.5, 0.6) is 0 Å². The van der Waals surface area contributed by atoms with E-state index in [-0.39, 0.29) is 5.91 Å². The molecule has 4 rings (SSSR count). The maximum atomic E-state index is 12.4. The van der Waals surface area contributed by atoms with E-state index >= 15 is 0 Å². The largest absolute Gasteiger partial charge is 0.355 e. The monoisotopic (exact) mass is 422 g/mol. The summed E-state index contributed by atoms with van der Waals surface area (Å²) in [4.78, 5) is 14.7. The molecule has 1 aliphatic rings. The number of nitrogens with zero attached hydrogens (tertiary/aromatic N) is 3. The molecule has 1 amide bonds. The summed E-state index contributed by atoms with van der Waals surface area (Å²) in [6.45, 7) is 2.09. The Labute approximate surface area is 166 Å². The lowest BCUT2D eigenvalue weighted by Crippen LogP contribution is -2.19. The number of anilines is 2. The van der Waals surface area contributed by atoms with E-state index in [9.17, 15) is 4.79 Å². The lowest BCUT2D eigenvalue weighted by molar-refractivity contribution is 0.102. The van der Waals surface area contributed by atoms with Gasteiger partial charge in [0.05, 0.1) is 5.69 Å². The van der Waals surface area contributed by atoms with Crippen LogP contribution in [0, 0.1) is 0 Å². The van der Waals surface area contributed by atoms with E-state index in [1.807, 2.05) is 48.5 Å². The zero-order chi connectivity index (χ0) is 18.6. The fourth-order valence-electron chi connectivity index (χ4n) is 3.15. The van der Waals surface area contributed by atoms with Crippen molar-refractivity contribution in [1.29, 1.82) is 0 Å². The van der Waals surface area contributed by atoms with E-state index in [1.165, 1.54) is 12.8 Å². The molecule has 1 aliphatic heterocycles. The maximum absolute atomic E-state index is 12.4. The molecular formula is C21H19BrN4O. The van der Waals surface area contributed by atoms with E-state index in [0.29, 0.717) is 5.56 Å². The summed E-state index contributed by atoms with van der Waals surface area (Å²) < 4.78 is 0.942. The van der Waals surface area contributed by atoms with Crippen LogP contribution in [-0.4, -0.2) is 29.2 Å². The van der Waals surface area contributed by atoms with Crippen LogP contribution in [0.25, 0.3) is 11.3 Å². The molecule has 27 heavy (non-hydrogen) atoms. The Kier molecular flexibility index (Phi) is 5.16. The summed E-state index contributed by atoms with van der Waals surface area (Å²) in [7, 11) is 0. The second kappa shape index (κ2) is 7.88. The Morgan fingerprint density at radius 3 is 2.44 bits per heavy atom. The topological polar surface area (TPSA) is 58.1 Å². The van der Waals surface area contributed by atoms with Gasteiger partial charge in [-0.3, -0.25) is 4.79 Å². The lowest BCUT2D eigenvalue weighted by Gasteiger charge is -2.15. The lowest BCUT2D eigenvalue weighted by atomic mass is 10.1. The highest BCUT2D eigenvalue weighted by molar-refractivity contribution is 9.10. The van der Waals surface area contributed by atoms with Gasteiger partial charge in [0.25, 0.3) is 5.91 Å². The van der Waals surface area contributed by atoms with E-state index in [4.69, 9.17) is 0 Å². The van der Waals surface area contributed by atoms with E-state index in [0.717, 1.165) is 40.3 Å². The van der Waals surface area contributed by atoms with Crippen molar-refractivity contribution in [2.45, 2.75) is 12.8 Å². The molecule has 1 fully saturated rings. The van der Waals surface area contributed by atoms with Crippen LogP contribution in [0.2, 0.25) is 0 Å². The molecule has 6 heteroatoms. The van der Waals surface area contributed by atoms with Gasteiger partial charge in [-0.2, -0.15) is 0 Å². The Morgan fingerprint density at radius 2 is 1.74 bits per heavy atom. The van der Waals surface area contributed by atoms with E-state index in [2.05, 4.69) is 36.3 Å². The van der Waals surface area contributed by atoms with Crippen LogP contribution in [0.1, 0.15) is 23.2 Å². The molecule has 3 aromatic rings. The van der Waals surface area contributed by atoms with Gasteiger partial charge in [-0.05, 0) is 61.4 Å². The minimum Gasteiger partial charge on any atom is -0.355 e. The van der Waals surface area contributed by atoms with Crippen molar-refractivity contribution < 1.29 is 4.79 Å². The Bertz CT molecular complexity index is 935. The molecule has 0 bridgehead atoms. The zero-order valence-corrected chi connectivity index (χ0v) is 16.3. The molecule has 0 unspecified atom stereocenters. The molecule has 0 radical (unpaired) electrons. The van der Waals surface area contributed by atoms with Gasteiger partial charge >= 0.3 is 0 Å². The minimum atomic E-state index is -0.143. The average Bonchev–Trinajstić information content (AvgIpc) is 3.24. The number of carbonyl (C=O) groups excluding carboxylic acids is 1. The highest BCUT2D eigenvalue weighted by Crippen LogP contribution is 2.23. The van der Waals surface area contributed by atoms with Crippen molar-refractivity contribution >= 4 is 33.3 Å². The van der Waals surface area contributed by atoms with Gasteiger partial charge in [-0.25, -0.2) is 0 Å². The third kappa shape index (κ3) is 4.17. The van der Waals surface area contributed by atoms with E-state index in [1.54, 1.807) is 12.1 Å². The average molecular weight is 423 g/mol. The molecule has 1 N–H and O–H groups in total. The number of hydrogen-bond donors (Lipinski definition) is 1. The fraction of sp³-hybridized carbons (Fsp3) is 0.190. The molecule has 0 atom stereocenters. The molecule has 0 saturated carbocycles. The second-order valence-corrected chi connectivity index (χ2v) is 7.43. The quantitative estimate of drug-likeness (QED) is 0.658. The fourth-order valence-corrected chi connectivity index (χ4v) is 3.42. The third-order valence-corrected chi connectivity index (χ3v) is 5.13. The normalized spacial score (nSPS) is 13.6. The van der Waals surface area contributed by atoms with E-state index < -0.39 is 0 Å². The summed E-state index contributed by atoms with van der Waals surface area (Å²) in [5.41, 5.74) is 3.05. The Balaban J connectivity index is 1.50. The van der Waals surface area contributed by atoms with Crippen molar-refractivity contribution in [2.75, 3.05) is 23.3 Å². The number of benzene rings is 2. The number of aromatic nitrogens is 2. The number of hydrogen-bond acceptors (Lipinski definition) is 4. The van der Waals surface area contributed by atoms with Crippen LogP contribution in [0.4, 0.5) is 11.5 Å². The second-order valence-electron chi connectivity index (χ2n) is 6.51. The summed E-state index contributed by atoms with van der Waals surface area (Å²) in [6, 6.07) is 18.9. The molecule has 136 valence electrons. The number of amides is 1. The first-order valence-corrected chi connectivity index (χ1v) is 9.74. The van der Waals surface area contributed by atoms with Crippen LogP contribution in [0.15, 0.2) is 65.1 Å². The number of rotatable bonds is 4. The van der Waals surface area contributed by atoms with Crippen LogP contribution < -0.4 is 10.2 Å². The first-order chi connectivity index (χ1) is 13.2. The number of carbonyl (C=O) groups is 1. The standard InChI is InChI=1S/C21H19BrN4O/c22-17-8-6-15(7-9-17)21(27)23-18-5-3-4-16(14-18)19-10-11-20(25-24-19)26-12-1-2-13-26/h3-11,14H,1-2,12-13H2,(H,23,27). The SMILES string of the molecule is O=C(Nc1cccc(-c2ccc(N3CCCC3)nn2)c1)c1ccc(Br)cc1. The summed E-state index contributed by atoms with van der Waals surface area (Å²) in [6.07, 6.45) is 2.42. The van der Waals surface area contributed by atoms with Gasteiger partial charge in [0.15, 0.2) is 5.82 Å². The van der Waals surface area contributed by atoms with Crippen LogP contribution in [-0.2, 0) is 0 Å². The smallest absolute Gasteiger partial charge is 0.255 e. The molecule has 5 nitrogen and oxygen atoms in total. The Hall–Kier alpha value is -2.73. The van der Waals surface area contributed by atoms with Crippen LogP contribution >= 0.6 is 15.9 Å². The predicted octanol–water partition coefficient (Wildman–Crippen LogP) is 4.76. The first-order valence-electron chi connectivity index (χ1n) is 8.95. The molecule has 0 aliphatic carbocycles. The number of halogens is 1. The molecule has 1 aromatic heterocycles. The van der Waals surface area contributed by atoms with Gasteiger partial charge < -0.3 is 10.2 Å². The molecule has 2 heterocycles. The van der Waals surface area contributed by atoms with Crippen LogP contribution in [0.3, 0.4) is 0 Å². The highest BCUT2D eigenvalue weighted by Gasteiger charge is 2.14. The highest BCUT2D eigenvalue weighted by atomic mass is 79.9. The van der Waals surface area contributed by atoms with Crippen molar-refractivity contribution in [2.24, 2.45) is 0 Å². The van der Waals surface area contributed by atoms with Crippen molar-refractivity contribution in [3.05, 3.63) is 70.7 Å². The van der Waals surface area contributed by atoms with Gasteiger partial charge in [-0.1, -0.05) is 28.1 Å². The van der Waals surface area contributed by atoms with Crippen molar-refractivity contribution in [3.8, 4) is 11.3 Å². The number of nitrogens with one attached hydrogen (secondary N) is 1. The van der Waals surface area contributed by atoms with Gasteiger partial charge in [0.2, 0.25) is 0 Å². The maximum Gasteiger partial charge on any atom is 0.255 e. The van der Waals surface area contributed by atoms with Crippen molar-refractivity contribution in [3.63, 3.8) is 0 Å². The minimum absolute atomic E-state index is 0.143. The summed E-state index contributed by atoms with van der Waals surface area (Å²) in [5.74, 6) is 0.783. The molecular weight excluding hydrogens is 404 g/mol. The zero-order valence-electron chi connectivity index (χ0n) is 14.7. The van der Waals surface area contributed by atoms with Gasteiger partial charge in [0.1, 0.15) is 0 Å². The predicted molar refractivity (Wildman–Crippen MR) is 111 cm³/mol. The molecule has 0 spiro atoms. The summed E-state index contributed by atoms with van der Waals surface area (Å²) in [5, 5.41) is 11.7. The molecule has 2 aromatic carbocycles. The first kappa shape index (κ1) is 17.7. The summed E-state index contributed by atoms with van der Waals surface area (Å²) >= 11 is 3.38. The van der Waals surface area contributed by atoms with Gasteiger partial charge in [-0.15, -0.1) is 10.2 Å².